The minimum Gasteiger partial charge on any atom is -0.390 e. The number of amides is 2. The van der Waals surface area contributed by atoms with Crippen molar-refractivity contribution in [3.8, 4) is 0 Å². The maximum Gasteiger partial charge on any atom is 0.330 e. The zero-order valence-electron chi connectivity index (χ0n) is 33.9. The van der Waals surface area contributed by atoms with Crippen molar-refractivity contribution in [3.05, 3.63) is 32.6 Å². The number of aromatic nitrogens is 2. The summed E-state index contributed by atoms with van der Waals surface area (Å²) in [6, 6.07) is 0. The molecule has 13 heteroatoms. The first-order valence-corrected chi connectivity index (χ1v) is 20.3. The zero-order chi connectivity index (χ0) is 39.6. The normalized spacial score (nSPS) is 22.9. The van der Waals surface area contributed by atoms with E-state index in [0.29, 0.717) is 57.4 Å². The zero-order valence-corrected chi connectivity index (χ0v) is 34.7. The number of nitrogens with one attached hydrogen (secondary N) is 3. The summed E-state index contributed by atoms with van der Waals surface area (Å²) in [6.07, 6.45) is 9.20. The molecule has 1 saturated carbocycles. The van der Waals surface area contributed by atoms with Crippen LogP contribution in [0.5, 0.6) is 0 Å². The van der Waals surface area contributed by atoms with Crippen molar-refractivity contribution in [2.24, 2.45) is 11.8 Å². The predicted octanol–water partition coefficient (Wildman–Crippen LogP) is 5.86. The molecular weight excluding hydrogens is 700 g/mol. The van der Waals surface area contributed by atoms with Gasteiger partial charge in [-0.25, -0.2) is 4.79 Å². The SMILES string of the molecule is C[C@H]1O[C@@H](n2cc(C(C)(C)CC(C)(C)NC(=O)C3CCC(C(=O)NCCOC(C)(C)CCOC(C)(C)CCCCCCCl)CC3)c(=O)[nH]c2=O)CC1O. The summed E-state index contributed by atoms with van der Waals surface area (Å²) >= 11 is 5.77. The van der Waals surface area contributed by atoms with Gasteiger partial charge < -0.3 is 30.0 Å². The molecule has 1 aromatic rings. The summed E-state index contributed by atoms with van der Waals surface area (Å²) in [5.74, 6) is 0.326. The Bertz CT molecular complexity index is 1440. The van der Waals surface area contributed by atoms with Crippen molar-refractivity contribution < 1.29 is 28.9 Å². The largest absolute Gasteiger partial charge is 0.390 e. The molecule has 0 bridgehead atoms. The van der Waals surface area contributed by atoms with Crippen molar-refractivity contribution in [2.75, 3.05) is 25.6 Å². The molecule has 1 aromatic heterocycles. The molecule has 1 saturated heterocycles. The summed E-state index contributed by atoms with van der Waals surface area (Å²) in [6.45, 7) is 19.2. The van der Waals surface area contributed by atoms with E-state index in [0.717, 1.165) is 38.0 Å². The number of hydrogen-bond acceptors (Lipinski definition) is 8. The quantitative estimate of drug-likeness (QED) is 0.0894. The summed E-state index contributed by atoms with van der Waals surface area (Å²) in [5, 5.41) is 16.4. The summed E-state index contributed by atoms with van der Waals surface area (Å²) in [4.78, 5) is 54.4. The molecule has 1 aliphatic carbocycles. The molecule has 53 heavy (non-hydrogen) atoms. The second-order valence-corrected chi connectivity index (χ2v) is 18.3. The second-order valence-electron chi connectivity index (χ2n) is 17.9. The smallest absolute Gasteiger partial charge is 0.330 e. The van der Waals surface area contributed by atoms with E-state index in [1.54, 1.807) is 6.92 Å². The van der Waals surface area contributed by atoms with Crippen LogP contribution in [0.15, 0.2) is 15.8 Å². The number of rotatable bonds is 21. The number of unbranched alkanes of at least 4 members (excludes halogenated alkanes) is 3. The Morgan fingerprint density at radius 1 is 0.906 bits per heavy atom. The fourth-order valence-electron chi connectivity index (χ4n) is 7.81. The third kappa shape index (κ3) is 14.4. The van der Waals surface area contributed by atoms with Crippen molar-refractivity contribution in [2.45, 2.75) is 180 Å². The number of halogens is 1. The number of aliphatic hydroxyl groups excluding tert-OH is 1. The van der Waals surface area contributed by atoms with E-state index < -0.39 is 40.6 Å². The Balaban J connectivity index is 1.40. The van der Waals surface area contributed by atoms with Gasteiger partial charge in [-0.2, -0.15) is 0 Å². The first-order chi connectivity index (χ1) is 24.7. The molecule has 2 amide bonds. The molecule has 2 fully saturated rings. The van der Waals surface area contributed by atoms with Gasteiger partial charge in [0.25, 0.3) is 5.56 Å². The topological polar surface area (TPSA) is 161 Å². The van der Waals surface area contributed by atoms with Crippen LogP contribution in [0.25, 0.3) is 0 Å². The van der Waals surface area contributed by atoms with Crippen LogP contribution in [0.1, 0.15) is 151 Å². The van der Waals surface area contributed by atoms with Gasteiger partial charge in [0.2, 0.25) is 11.8 Å². The van der Waals surface area contributed by atoms with E-state index >= 15 is 0 Å². The highest BCUT2D eigenvalue weighted by Gasteiger charge is 2.38. The number of carbonyl (C=O) groups is 2. The van der Waals surface area contributed by atoms with Gasteiger partial charge in [0.1, 0.15) is 6.23 Å². The van der Waals surface area contributed by atoms with Gasteiger partial charge in [0.05, 0.1) is 36.6 Å². The Labute approximate surface area is 321 Å². The molecule has 304 valence electrons. The third-order valence-electron chi connectivity index (χ3n) is 10.9. The van der Waals surface area contributed by atoms with E-state index in [-0.39, 0.29) is 41.3 Å². The predicted molar refractivity (Wildman–Crippen MR) is 208 cm³/mol. The average Bonchev–Trinajstić information content (AvgIpc) is 3.38. The number of nitrogens with zero attached hydrogens (tertiary/aromatic N) is 1. The fourth-order valence-corrected chi connectivity index (χ4v) is 8.00. The summed E-state index contributed by atoms with van der Waals surface area (Å²) < 4.78 is 19.4. The standard InChI is InChI=1S/C40H69ClN4O8/c1-27-31(46)24-32(53-27)45-25-30(35(49)43-36(45)50)37(2,3)26-38(4,5)44-34(48)29-16-14-28(15-17-29)33(47)42-21-23-52-40(8,9)19-22-51-39(6,7)18-12-10-11-13-20-41/h25,27-29,31-32,46H,10-24,26H2,1-9H3,(H,42,47)(H,44,48)(H,43,49,50)/t27-,28?,29?,31?,32-/m1/s1. The molecule has 4 N–H and O–H groups in total. The Morgan fingerprint density at radius 3 is 2.09 bits per heavy atom. The van der Waals surface area contributed by atoms with E-state index in [2.05, 4.69) is 29.5 Å². The maximum absolute atomic E-state index is 13.4. The lowest BCUT2D eigenvalue weighted by Crippen LogP contribution is -2.51. The number of aliphatic hydroxyl groups is 1. The van der Waals surface area contributed by atoms with Crippen LogP contribution < -0.4 is 21.9 Å². The van der Waals surface area contributed by atoms with Crippen LogP contribution in [0.3, 0.4) is 0 Å². The number of H-pyrrole nitrogens is 1. The molecule has 1 unspecified atom stereocenters. The van der Waals surface area contributed by atoms with E-state index in [4.69, 9.17) is 25.8 Å². The lowest BCUT2D eigenvalue weighted by atomic mass is 9.75. The molecule has 0 aromatic carbocycles. The molecule has 2 aliphatic rings. The molecule has 0 radical (unpaired) electrons. The van der Waals surface area contributed by atoms with Gasteiger partial charge in [-0.15, -0.1) is 11.6 Å². The van der Waals surface area contributed by atoms with Gasteiger partial charge in [0.15, 0.2) is 0 Å². The summed E-state index contributed by atoms with van der Waals surface area (Å²) in [7, 11) is 0. The Kier molecular flexibility index (Phi) is 16.7. The van der Waals surface area contributed by atoms with Crippen molar-refractivity contribution >= 4 is 23.4 Å². The molecule has 3 atom stereocenters. The molecule has 1 aliphatic heterocycles. The third-order valence-corrected chi connectivity index (χ3v) is 11.2. The molecule has 2 heterocycles. The highest BCUT2D eigenvalue weighted by Crippen LogP contribution is 2.34. The molecule has 3 rings (SSSR count). The van der Waals surface area contributed by atoms with Crippen molar-refractivity contribution in [1.29, 1.82) is 0 Å². The molecule has 12 nitrogen and oxygen atoms in total. The second kappa shape index (κ2) is 19.6. The monoisotopic (exact) mass is 768 g/mol. The van der Waals surface area contributed by atoms with Gasteiger partial charge in [0, 0.05) is 48.0 Å². The molecule has 0 spiro atoms. The van der Waals surface area contributed by atoms with Crippen molar-refractivity contribution in [1.82, 2.24) is 20.2 Å². The molecular formula is C40H69ClN4O8. The summed E-state index contributed by atoms with van der Waals surface area (Å²) in [5.41, 5.74) is -2.61. The average molecular weight is 769 g/mol. The minimum absolute atomic E-state index is 0.00186. The number of carbonyl (C=O) groups excluding carboxylic acids is 2. The highest BCUT2D eigenvalue weighted by atomic mass is 35.5. The van der Waals surface area contributed by atoms with Crippen molar-refractivity contribution in [3.63, 3.8) is 0 Å². The van der Waals surface area contributed by atoms with Crippen LogP contribution >= 0.6 is 11.6 Å². The van der Waals surface area contributed by atoms with Crippen LogP contribution in [0.4, 0.5) is 0 Å². The number of alkyl halides is 1. The number of aromatic amines is 1. The maximum atomic E-state index is 13.4. The minimum atomic E-state index is -0.716. The van der Waals surface area contributed by atoms with Gasteiger partial charge in [-0.3, -0.25) is 23.9 Å². The van der Waals surface area contributed by atoms with Gasteiger partial charge in [-0.1, -0.05) is 33.1 Å². The van der Waals surface area contributed by atoms with E-state index in [1.165, 1.54) is 17.2 Å². The fraction of sp³-hybridized carbons (Fsp3) is 0.850. The van der Waals surface area contributed by atoms with Crippen LogP contribution in [-0.4, -0.2) is 81.1 Å². The van der Waals surface area contributed by atoms with Crippen LogP contribution in [0, 0.1) is 11.8 Å². The van der Waals surface area contributed by atoms with Crippen LogP contribution in [0.2, 0.25) is 0 Å². The highest BCUT2D eigenvalue weighted by molar-refractivity contribution is 6.17. The van der Waals surface area contributed by atoms with Gasteiger partial charge >= 0.3 is 5.69 Å². The first kappa shape index (κ1) is 45.1. The lowest BCUT2D eigenvalue weighted by molar-refractivity contribution is -0.131. The number of hydrogen-bond donors (Lipinski definition) is 4. The Hall–Kier alpha value is -2.25. The number of ether oxygens (including phenoxy) is 3. The van der Waals surface area contributed by atoms with E-state index in [9.17, 15) is 24.3 Å². The van der Waals surface area contributed by atoms with Gasteiger partial charge in [-0.05, 0) is 105 Å². The lowest BCUT2D eigenvalue weighted by Gasteiger charge is -2.37. The van der Waals surface area contributed by atoms with E-state index in [1.807, 2.05) is 41.5 Å². The van der Waals surface area contributed by atoms with Crippen LogP contribution in [-0.2, 0) is 29.2 Å². The Morgan fingerprint density at radius 2 is 1.49 bits per heavy atom. The first-order valence-electron chi connectivity index (χ1n) is 19.8.